The van der Waals surface area contributed by atoms with Crippen molar-refractivity contribution in [2.45, 2.75) is 13.0 Å². The molecule has 0 unspecified atom stereocenters. The van der Waals surface area contributed by atoms with Crippen LogP contribution in [0.1, 0.15) is 29.1 Å². The first kappa shape index (κ1) is 15.6. The lowest BCUT2D eigenvalue weighted by atomic mass is 10.2. The molecule has 0 radical (unpaired) electrons. The van der Waals surface area contributed by atoms with Crippen LogP contribution in [0.5, 0.6) is 11.5 Å². The number of amides is 1. The second-order valence-corrected chi connectivity index (χ2v) is 4.62. The van der Waals surface area contributed by atoms with Crippen LogP contribution in [0.4, 0.5) is 0 Å². The van der Waals surface area contributed by atoms with Gasteiger partial charge in [-0.3, -0.25) is 9.59 Å². The Morgan fingerprint density at radius 1 is 1.36 bits per heavy atom. The van der Waals surface area contributed by atoms with Crippen LogP contribution in [-0.2, 0) is 4.79 Å². The summed E-state index contributed by atoms with van der Waals surface area (Å²) in [4.78, 5) is 22.6. The van der Waals surface area contributed by atoms with Crippen molar-refractivity contribution in [2.24, 2.45) is 0 Å². The van der Waals surface area contributed by atoms with Crippen LogP contribution in [0.25, 0.3) is 0 Å². The first-order chi connectivity index (χ1) is 10.6. The normalized spacial score (nSPS) is 11.5. The van der Waals surface area contributed by atoms with Crippen LogP contribution in [0.2, 0.25) is 0 Å². The third-order valence-corrected chi connectivity index (χ3v) is 3.03. The summed E-state index contributed by atoms with van der Waals surface area (Å²) in [5.41, 5.74) is 0.472. The molecule has 1 aromatic carbocycles. The number of carbonyl (C=O) groups excluding carboxylic acids is 2. The zero-order chi connectivity index (χ0) is 15.9. The van der Waals surface area contributed by atoms with E-state index >= 15 is 0 Å². The van der Waals surface area contributed by atoms with Crippen LogP contribution in [-0.4, -0.2) is 25.9 Å². The number of nitrogens with one attached hydrogen (secondary N) is 1. The molecule has 1 heterocycles. The average molecular weight is 303 g/mol. The van der Waals surface area contributed by atoms with Crippen molar-refractivity contribution in [3.63, 3.8) is 0 Å². The maximum Gasteiger partial charge on any atom is 0.258 e. The number of rotatable bonds is 7. The lowest BCUT2D eigenvalue weighted by molar-refractivity contribution is -0.123. The van der Waals surface area contributed by atoms with Gasteiger partial charge in [-0.2, -0.15) is 0 Å². The highest BCUT2D eigenvalue weighted by Gasteiger charge is 2.13. The van der Waals surface area contributed by atoms with Crippen molar-refractivity contribution in [1.29, 1.82) is 0 Å². The third kappa shape index (κ3) is 3.88. The van der Waals surface area contributed by atoms with Crippen LogP contribution in [0.3, 0.4) is 0 Å². The van der Waals surface area contributed by atoms with E-state index in [9.17, 15) is 9.59 Å². The fraction of sp³-hybridized carbons (Fsp3) is 0.250. The molecular weight excluding hydrogens is 286 g/mol. The maximum atomic E-state index is 11.9. The number of carbonyl (C=O) groups is 2. The van der Waals surface area contributed by atoms with Crippen molar-refractivity contribution < 1.29 is 23.5 Å². The van der Waals surface area contributed by atoms with E-state index in [0.717, 1.165) is 0 Å². The lowest BCUT2D eigenvalue weighted by Crippen LogP contribution is -2.31. The highest BCUT2D eigenvalue weighted by molar-refractivity contribution is 5.78. The van der Waals surface area contributed by atoms with Gasteiger partial charge in [-0.05, 0) is 37.3 Å². The number of methoxy groups -OCH3 is 1. The third-order valence-electron chi connectivity index (χ3n) is 3.03. The standard InChI is InChI=1S/C16H17NO5/c1-11(13-4-3-7-21-13)17-16(19)10-22-14-6-5-12(9-18)8-15(14)20-2/h3-9,11H,10H2,1-2H3,(H,17,19)/t11-/m1/s1. The molecular formula is C16H17NO5. The minimum Gasteiger partial charge on any atom is -0.493 e. The molecule has 2 aromatic rings. The number of aldehydes is 1. The first-order valence-corrected chi connectivity index (χ1v) is 6.73. The van der Waals surface area contributed by atoms with Crippen molar-refractivity contribution >= 4 is 12.2 Å². The van der Waals surface area contributed by atoms with Gasteiger partial charge in [-0.25, -0.2) is 0 Å². The van der Waals surface area contributed by atoms with Gasteiger partial charge in [0.2, 0.25) is 0 Å². The van der Waals surface area contributed by atoms with Gasteiger partial charge in [0.05, 0.1) is 19.4 Å². The van der Waals surface area contributed by atoms with Crippen molar-refractivity contribution in [3.8, 4) is 11.5 Å². The minimum absolute atomic E-state index is 0.165. The molecule has 0 aliphatic rings. The van der Waals surface area contributed by atoms with Crippen LogP contribution >= 0.6 is 0 Å². The van der Waals surface area contributed by atoms with E-state index in [4.69, 9.17) is 13.9 Å². The van der Waals surface area contributed by atoms with Crippen LogP contribution < -0.4 is 14.8 Å². The van der Waals surface area contributed by atoms with E-state index in [1.165, 1.54) is 7.11 Å². The highest BCUT2D eigenvalue weighted by Crippen LogP contribution is 2.27. The Labute approximate surface area is 128 Å². The molecule has 2 rings (SSSR count). The number of ether oxygens (including phenoxy) is 2. The molecule has 116 valence electrons. The summed E-state index contributed by atoms with van der Waals surface area (Å²) < 4.78 is 15.8. The Hall–Kier alpha value is -2.76. The largest absolute Gasteiger partial charge is 0.493 e. The molecule has 22 heavy (non-hydrogen) atoms. The summed E-state index contributed by atoms with van der Waals surface area (Å²) in [6, 6.07) is 8.03. The van der Waals surface area contributed by atoms with Gasteiger partial charge < -0.3 is 19.2 Å². The molecule has 0 saturated carbocycles. The van der Waals surface area contributed by atoms with Gasteiger partial charge in [0, 0.05) is 5.56 Å². The van der Waals surface area contributed by atoms with E-state index in [-0.39, 0.29) is 18.6 Å². The highest BCUT2D eigenvalue weighted by atomic mass is 16.5. The monoisotopic (exact) mass is 303 g/mol. The Kier molecular flexibility index (Phi) is 5.19. The molecule has 6 nitrogen and oxygen atoms in total. The molecule has 0 fully saturated rings. The summed E-state index contributed by atoms with van der Waals surface area (Å²) in [6.07, 6.45) is 2.26. The van der Waals surface area contributed by atoms with E-state index in [2.05, 4.69) is 5.32 Å². The molecule has 1 atom stereocenters. The Balaban J connectivity index is 1.92. The molecule has 6 heteroatoms. The van der Waals surface area contributed by atoms with Crippen LogP contribution in [0, 0.1) is 0 Å². The zero-order valence-corrected chi connectivity index (χ0v) is 12.4. The van der Waals surface area contributed by atoms with Crippen LogP contribution in [0.15, 0.2) is 41.0 Å². The number of benzene rings is 1. The quantitative estimate of drug-likeness (QED) is 0.794. The van der Waals surface area contributed by atoms with Gasteiger partial charge >= 0.3 is 0 Å². The average Bonchev–Trinajstić information content (AvgIpc) is 3.07. The SMILES string of the molecule is COc1cc(C=O)ccc1OCC(=O)N[C@H](C)c1ccco1. The molecule has 1 amide bonds. The van der Waals surface area contributed by atoms with Gasteiger partial charge in [0.1, 0.15) is 12.0 Å². The maximum absolute atomic E-state index is 11.9. The fourth-order valence-electron chi connectivity index (χ4n) is 1.91. The topological polar surface area (TPSA) is 77.8 Å². The molecule has 0 bridgehead atoms. The summed E-state index contributed by atoms with van der Waals surface area (Å²) >= 11 is 0. The predicted octanol–water partition coefficient (Wildman–Crippen LogP) is 2.36. The first-order valence-electron chi connectivity index (χ1n) is 6.73. The number of hydrogen-bond acceptors (Lipinski definition) is 5. The Morgan fingerprint density at radius 3 is 2.82 bits per heavy atom. The smallest absolute Gasteiger partial charge is 0.258 e. The molecule has 1 N–H and O–H groups in total. The van der Waals surface area contributed by atoms with Crippen molar-refractivity contribution in [3.05, 3.63) is 47.9 Å². The van der Waals surface area contributed by atoms with Gasteiger partial charge in [-0.15, -0.1) is 0 Å². The number of hydrogen-bond donors (Lipinski definition) is 1. The fourth-order valence-corrected chi connectivity index (χ4v) is 1.91. The van der Waals surface area contributed by atoms with Crippen molar-refractivity contribution in [2.75, 3.05) is 13.7 Å². The van der Waals surface area contributed by atoms with Gasteiger partial charge in [-0.1, -0.05) is 0 Å². The molecule has 0 aliphatic heterocycles. The predicted molar refractivity (Wildman–Crippen MR) is 79.1 cm³/mol. The van der Waals surface area contributed by atoms with Gasteiger partial charge in [0.25, 0.3) is 5.91 Å². The Morgan fingerprint density at radius 2 is 2.18 bits per heavy atom. The molecule has 0 saturated heterocycles. The summed E-state index contributed by atoms with van der Waals surface area (Å²) in [5, 5.41) is 2.76. The minimum atomic E-state index is -0.287. The van der Waals surface area contributed by atoms with E-state index in [1.54, 1.807) is 36.6 Å². The second-order valence-electron chi connectivity index (χ2n) is 4.62. The zero-order valence-electron chi connectivity index (χ0n) is 12.4. The molecule has 0 spiro atoms. The van der Waals surface area contributed by atoms with Crippen molar-refractivity contribution in [1.82, 2.24) is 5.32 Å². The summed E-state index contributed by atoms with van der Waals surface area (Å²) in [6.45, 7) is 1.65. The summed E-state index contributed by atoms with van der Waals surface area (Å²) in [5.74, 6) is 1.18. The summed E-state index contributed by atoms with van der Waals surface area (Å²) in [7, 11) is 1.47. The van der Waals surface area contributed by atoms with E-state index in [1.807, 2.05) is 6.92 Å². The van der Waals surface area contributed by atoms with Gasteiger partial charge in [0.15, 0.2) is 18.1 Å². The molecule has 1 aromatic heterocycles. The van der Waals surface area contributed by atoms with E-state index < -0.39 is 0 Å². The molecule has 0 aliphatic carbocycles. The second kappa shape index (κ2) is 7.31. The number of furan rings is 1. The Bertz CT molecular complexity index is 636. The lowest BCUT2D eigenvalue weighted by Gasteiger charge is -2.13. The van der Waals surface area contributed by atoms with E-state index in [0.29, 0.717) is 29.1 Å².